The third-order valence-electron chi connectivity index (χ3n) is 5.52. The smallest absolute Gasteiger partial charge is 0.261 e. The summed E-state index contributed by atoms with van der Waals surface area (Å²) in [6.07, 6.45) is 2.28. The van der Waals surface area contributed by atoms with Crippen molar-refractivity contribution in [1.82, 2.24) is 10.2 Å². The van der Waals surface area contributed by atoms with E-state index in [1.165, 1.54) is 0 Å². The van der Waals surface area contributed by atoms with Crippen molar-refractivity contribution in [2.24, 2.45) is 0 Å². The predicted molar refractivity (Wildman–Crippen MR) is 146 cm³/mol. The van der Waals surface area contributed by atoms with Crippen LogP contribution in [0.15, 0.2) is 87.8 Å². The van der Waals surface area contributed by atoms with Gasteiger partial charge in [0, 0.05) is 28.5 Å². The number of nitrogens with one attached hydrogen (secondary N) is 1. The molecule has 3 aromatic carbocycles. The first-order chi connectivity index (χ1) is 17.0. The summed E-state index contributed by atoms with van der Waals surface area (Å²) in [5.74, 6) is 0.185. The zero-order chi connectivity index (χ0) is 25.0. The van der Waals surface area contributed by atoms with Crippen molar-refractivity contribution in [2.75, 3.05) is 13.2 Å². The molecule has 184 valence electrons. The van der Waals surface area contributed by atoms with Crippen LogP contribution < -0.4 is 10.1 Å². The number of carbonyl (C=O) groups excluding carboxylic acids is 2. The fraction of sp³-hybridized carbons (Fsp3) is 0.286. The molecule has 35 heavy (non-hydrogen) atoms. The standard InChI is InChI=1S/C28H30Br2N2O3/c1-2-3-16-31-28(34)26(18-21-8-5-4-6-9-21)32(19-22-10-7-11-24(30)17-22)27(33)20-35-25-14-12-23(29)13-15-25/h4-15,17,26H,2-3,16,18-20H2,1H3,(H,31,34)/t26-/m1/s1. The third kappa shape index (κ3) is 8.82. The molecule has 1 N–H and O–H groups in total. The molecule has 0 heterocycles. The molecule has 7 heteroatoms. The van der Waals surface area contributed by atoms with Crippen molar-refractivity contribution < 1.29 is 14.3 Å². The molecule has 1 atom stereocenters. The van der Waals surface area contributed by atoms with E-state index in [0.29, 0.717) is 25.3 Å². The van der Waals surface area contributed by atoms with E-state index in [1.807, 2.05) is 66.7 Å². The molecule has 3 rings (SSSR count). The molecule has 0 unspecified atom stereocenters. The lowest BCUT2D eigenvalue weighted by molar-refractivity contribution is -0.142. The van der Waals surface area contributed by atoms with Gasteiger partial charge in [0.15, 0.2) is 6.61 Å². The summed E-state index contributed by atoms with van der Waals surface area (Å²) < 4.78 is 7.64. The number of hydrogen-bond acceptors (Lipinski definition) is 3. The Bertz CT molecular complexity index is 1090. The molecule has 0 radical (unpaired) electrons. The largest absolute Gasteiger partial charge is 0.484 e. The number of hydrogen-bond donors (Lipinski definition) is 1. The van der Waals surface area contributed by atoms with Gasteiger partial charge in [-0.15, -0.1) is 0 Å². The molecule has 0 aliphatic heterocycles. The molecule has 0 aliphatic rings. The van der Waals surface area contributed by atoms with E-state index in [2.05, 4.69) is 44.1 Å². The van der Waals surface area contributed by atoms with Crippen LogP contribution in [0, 0.1) is 0 Å². The number of unbranched alkanes of at least 4 members (excludes halogenated alkanes) is 1. The molecule has 2 amide bonds. The van der Waals surface area contributed by atoms with Crippen molar-refractivity contribution in [3.05, 3.63) is 98.9 Å². The fourth-order valence-corrected chi connectivity index (χ4v) is 4.36. The lowest BCUT2D eigenvalue weighted by Gasteiger charge is -2.31. The van der Waals surface area contributed by atoms with Crippen LogP contribution in [0.1, 0.15) is 30.9 Å². The third-order valence-corrected chi connectivity index (χ3v) is 6.54. The van der Waals surface area contributed by atoms with Gasteiger partial charge in [0.05, 0.1) is 0 Å². The van der Waals surface area contributed by atoms with Crippen LogP contribution >= 0.6 is 31.9 Å². The Morgan fingerprint density at radius 2 is 1.63 bits per heavy atom. The first-order valence-electron chi connectivity index (χ1n) is 11.7. The highest BCUT2D eigenvalue weighted by molar-refractivity contribution is 9.10. The highest BCUT2D eigenvalue weighted by Crippen LogP contribution is 2.19. The van der Waals surface area contributed by atoms with Crippen LogP contribution in [0.5, 0.6) is 5.75 Å². The highest BCUT2D eigenvalue weighted by Gasteiger charge is 2.30. The van der Waals surface area contributed by atoms with E-state index < -0.39 is 6.04 Å². The van der Waals surface area contributed by atoms with E-state index in [4.69, 9.17) is 4.74 Å². The Balaban J connectivity index is 1.87. The minimum absolute atomic E-state index is 0.158. The normalized spacial score (nSPS) is 11.5. The van der Waals surface area contributed by atoms with Crippen molar-refractivity contribution in [2.45, 2.75) is 38.8 Å². The summed E-state index contributed by atoms with van der Waals surface area (Å²) >= 11 is 6.91. The lowest BCUT2D eigenvalue weighted by atomic mass is 10.0. The zero-order valence-corrected chi connectivity index (χ0v) is 22.9. The van der Waals surface area contributed by atoms with Gasteiger partial charge in [-0.1, -0.05) is 87.7 Å². The molecule has 0 saturated carbocycles. The molecule has 3 aromatic rings. The zero-order valence-electron chi connectivity index (χ0n) is 19.8. The van der Waals surface area contributed by atoms with Crippen LogP contribution in [0.4, 0.5) is 0 Å². The summed E-state index contributed by atoms with van der Waals surface area (Å²) in [7, 11) is 0. The molecule has 0 aliphatic carbocycles. The second-order valence-corrected chi connectivity index (χ2v) is 10.1. The molecule has 0 saturated heterocycles. The number of nitrogens with zero attached hydrogens (tertiary/aromatic N) is 1. The summed E-state index contributed by atoms with van der Waals surface area (Å²) in [6.45, 7) is 2.79. The minimum Gasteiger partial charge on any atom is -0.484 e. The van der Waals surface area contributed by atoms with Crippen molar-refractivity contribution in [3.63, 3.8) is 0 Å². The van der Waals surface area contributed by atoms with Crippen LogP contribution in [0.25, 0.3) is 0 Å². The second-order valence-electron chi connectivity index (χ2n) is 8.24. The van der Waals surface area contributed by atoms with Gasteiger partial charge in [-0.3, -0.25) is 9.59 Å². The molecule has 0 fully saturated rings. The van der Waals surface area contributed by atoms with E-state index in [0.717, 1.165) is 32.9 Å². The first-order valence-corrected chi connectivity index (χ1v) is 13.3. The maximum Gasteiger partial charge on any atom is 0.261 e. The molecular weight excluding hydrogens is 572 g/mol. The Morgan fingerprint density at radius 3 is 2.31 bits per heavy atom. The Hall–Kier alpha value is -2.64. The Morgan fingerprint density at radius 1 is 0.914 bits per heavy atom. The number of benzene rings is 3. The van der Waals surface area contributed by atoms with Crippen molar-refractivity contribution in [1.29, 1.82) is 0 Å². The van der Waals surface area contributed by atoms with Gasteiger partial charge < -0.3 is 15.0 Å². The fourth-order valence-electron chi connectivity index (χ4n) is 3.65. The van der Waals surface area contributed by atoms with Gasteiger partial charge in [-0.05, 0) is 53.9 Å². The average Bonchev–Trinajstić information content (AvgIpc) is 2.86. The lowest BCUT2D eigenvalue weighted by Crippen LogP contribution is -2.51. The van der Waals surface area contributed by atoms with E-state index in [9.17, 15) is 9.59 Å². The highest BCUT2D eigenvalue weighted by atomic mass is 79.9. The predicted octanol–water partition coefficient (Wildman–Crippen LogP) is 6.15. The number of amides is 2. The van der Waals surface area contributed by atoms with Gasteiger partial charge in [-0.2, -0.15) is 0 Å². The first kappa shape index (κ1) is 27.0. The molecule has 0 aromatic heterocycles. The maximum absolute atomic E-state index is 13.5. The average molecular weight is 602 g/mol. The topological polar surface area (TPSA) is 58.6 Å². The van der Waals surface area contributed by atoms with Gasteiger partial charge in [0.1, 0.15) is 11.8 Å². The Labute approximate surface area is 224 Å². The quantitative estimate of drug-likeness (QED) is 0.253. The van der Waals surface area contributed by atoms with Gasteiger partial charge in [0.2, 0.25) is 5.91 Å². The van der Waals surface area contributed by atoms with Gasteiger partial charge in [0.25, 0.3) is 5.91 Å². The number of carbonyl (C=O) groups is 2. The maximum atomic E-state index is 13.5. The molecular formula is C28H30Br2N2O3. The summed E-state index contributed by atoms with van der Waals surface area (Å²) in [6, 6.07) is 24.2. The number of ether oxygens (including phenoxy) is 1. The van der Waals surface area contributed by atoms with Gasteiger partial charge >= 0.3 is 0 Å². The summed E-state index contributed by atoms with van der Waals surface area (Å²) in [5, 5.41) is 3.03. The minimum atomic E-state index is -0.672. The van der Waals surface area contributed by atoms with Gasteiger partial charge in [-0.25, -0.2) is 0 Å². The monoisotopic (exact) mass is 600 g/mol. The van der Waals surface area contributed by atoms with Crippen LogP contribution in [-0.2, 0) is 22.6 Å². The van der Waals surface area contributed by atoms with Crippen molar-refractivity contribution in [3.8, 4) is 5.75 Å². The second kappa shape index (κ2) is 14.0. The van der Waals surface area contributed by atoms with Crippen LogP contribution in [-0.4, -0.2) is 35.9 Å². The Kier molecular flexibility index (Phi) is 10.8. The molecule has 0 bridgehead atoms. The summed E-state index contributed by atoms with van der Waals surface area (Å²) in [5.41, 5.74) is 1.92. The number of halogens is 2. The van der Waals surface area contributed by atoms with E-state index in [-0.39, 0.29) is 18.4 Å². The van der Waals surface area contributed by atoms with Crippen LogP contribution in [0.2, 0.25) is 0 Å². The molecule has 5 nitrogen and oxygen atoms in total. The van der Waals surface area contributed by atoms with E-state index in [1.54, 1.807) is 17.0 Å². The van der Waals surface area contributed by atoms with Crippen LogP contribution in [0.3, 0.4) is 0 Å². The molecule has 0 spiro atoms. The summed E-state index contributed by atoms with van der Waals surface area (Å²) in [4.78, 5) is 28.5. The van der Waals surface area contributed by atoms with Crippen molar-refractivity contribution >= 4 is 43.7 Å². The van der Waals surface area contributed by atoms with E-state index >= 15 is 0 Å². The number of rotatable bonds is 12. The SMILES string of the molecule is CCCCNC(=O)[C@@H](Cc1ccccc1)N(Cc1cccc(Br)c1)C(=O)COc1ccc(Br)cc1.